The Balaban J connectivity index is 2.04. The molecule has 2 aromatic rings. The van der Waals surface area contributed by atoms with Gasteiger partial charge in [-0.05, 0) is 58.6 Å². The second kappa shape index (κ2) is 7.23. The number of hydrogen-bond acceptors (Lipinski definition) is 1. The minimum absolute atomic E-state index is 0.0998. The number of halogens is 4. The lowest BCUT2D eigenvalue weighted by Gasteiger charge is -2.12. The molecule has 0 saturated carbocycles. The van der Waals surface area contributed by atoms with Gasteiger partial charge in [0.25, 0.3) is 0 Å². The molecule has 0 spiro atoms. The minimum atomic E-state index is -0.574. The number of hydrogen-bond donors (Lipinski definition) is 0. The number of aryl methyl sites for hydroxylation is 1. The molecule has 0 heterocycles. The van der Waals surface area contributed by atoms with E-state index in [1.807, 2.05) is 24.3 Å². The van der Waals surface area contributed by atoms with Gasteiger partial charge in [0.1, 0.15) is 17.4 Å². The Morgan fingerprint density at radius 2 is 1.81 bits per heavy atom. The molecule has 2 aromatic carbocycles. The smallest absolute Gasteiger partial charge is 0.137 e. The second-order valence-corrected chi connectivity index (χ2v) is 6.02. The van der Waals surface area contributed by atoms with E-state index in [2.05, 4.69) is 15.9 Å². The summed E-state index contributed by atoms with van der Waals surface area (Å²) in [5.74, 6) is -0.235. The molecule has 5 heteroatoms. The van der Waals surface area contributed by atoms with Crippen molar-refractivity contribution in [2.45, 2.75) is 18.2 Å². The summed E-state index contributed by atoms with van der Waals surface area (Å²) < 4.78 is 32.5. The zero-order valence-electron chi connectivity index (χ0n) is 11.4. The van der Waals surface area contributed by atoms with Crippen molar-refractivity contribution in [1.82, 2.24) is 0 Å². The SMILES string of the molecule is COc1ccc(CCC(Cl)c2cc(F)c(Br)cc2F)cc1. The lowest BCUT2D eigenvalue weighted by Crippen LogP contribution is -1.99. The fraction of sp³-hybridized carbons (Fsp3) is 0.250. The summed E-state index contributed by atoms with van der Waals surface area (Å²) >= 11 is 9.15. The molecule has 0 aromatic heterocycles. The standard InChI is InChI=1S/C16H14BrClF2O/c1-21-11-5-2-10(3-6-11)4-7-14(18)12-8-16(20)13(17)9-15(12)19/h2-3,5-6,8-9,14H,4,7H2,1H3. The summed E-state index contributed by atoms with van der Waals surface area (Å²) in [6.07, 6.45) is 1.20. The van der Waals surface area contributed by atoms with Crippen molar-refractivity contribution in [2.24, 2.45) is 0 Å². The van der Waals surface area contributed by atoms with E-state index < -0.39 is 17.0 Å². The lowest BCUT2D eigenvalue weighted by molar-refractivity contribution is 0.414. The maximum Gasteiger partial charge on any atom is 0.137 e. The zero-order chi connectivity index (χ0) is 15.4. The molecule has 0 saturated heterocycles. The summed E-state index contributed by atoms with van der Waals surface area (Å²) in [5.41, 5.74) is 1.25. The van der Waals surface area contributed by atoms with Gasteiger partial charge in [0, 0.05) is 5.56 Å². The predicted octanol–water partition coefficient (Wildman–Crippen LogP) is 5.65. The number of rotatable bonds is 5. The first-order valence-electron chi connectivity index (χ1n) is 6.42. The van der Waals surface area contributed by atoms with Crippen molar-refractivity contribution in [2.75, 3.05) is 7.11 Å². The number of alkyl halides is 1. The van der Waals surface area contributed by atoms with Gasteiger partial charge in [0.2, 0.25) is 0 Å². The van der Waals surface area contributed by atoms with Gasteiger partial charge < -0.3 is 4.74 Å². The predicted molar refractivity (Wildman–Crippen MR) is 84.0 cm³/mol. The van der Waals surface area contributed by atoms with Crippen LogP contribution in [0.15, 0.2) is 40.9 Å². The van der Waals surface area contributed by atoms with Gasteiger partial charge in [-0.2, -0.15) is 0 Å². The summed E-state index contributed by atoms with van der Waals surface area (Å²) in [6, 6.07) is 9.83. The topological polar surface area (TPSA) is 9.23 Å². The van der Waals surface area contributed by atoms with E-state index in [4.69, 9.17) is 16.3 Å². The first-order valence-corrected chi connectivity index (χ1v) is 7.65. The third kappa shape index (κ3) is 4.17. The molecular formula is C16H14BrClF2O. The molecule has 1 unspecified atom stereocenters. The molecule has 2 rings (SSSR count). The van der Waals surface area contributed by atoms with E-state index in [1.54, 1.807) is 7.11 Å². The van der Waals surface area contributed by atoms with Crippen molar-refractivity contribution in [1.29, 1.82) is 0 Å². The number of methoxy groups -OCH3 is 1. The van der Waals surface area contributed by atoms with Crippen LogP contribution in [-0.2, 0) is 6.42 Å². The molecule has 0 bridgehead atoms. The molecule has 0 aliphatic carbocycles. The van der Waals surface area contributed by atoms with Gasteiger partial charge in [0.05, 0.1) is 17.0 Å². The first kappa shape index (κ1) is 16.2. The van der Waals surface area contributed by atoms with Crippen LogP contribution in [-0.4, -0.2) is 7.11 Å². The highest BCUT2D eigenvalue weighted by Gasteiger charge is 2.16. The maximum absolute atomic E-state index is 13.8. The van der Waals surface area contributed by atoms with E-state index in [9.17, 15) is 8.78 Å². The molecule has 1 atom stereocenters. The van der Waals surface area contributed by atoms with E-state index in [1.165, 1.54) is 0 Å². The summed E-state index contributed by atoms with van der Waals surface area (Å²) in [6.45, 7) is 0. The van der Waals surface area contributed by atoms with Crippen LogP contribution in [0.25, 0.3) is 0 Å². The quantitative estimate of drug-likeness (QED) is 0.485. The van der Waals surface area contributed by atoms with Crippen molar-refractivity contribution < 1.29 is 13.5 Å². The van der Waals surface area contributed by atoms with Crippen molar-refractivity contribution in [3.05, 3.63) is 63.6 Å². The zero-order valence-corrected chi connectivity index (χ0v) is 13.7. The summed E-state index contributed by atoms with van der Waals surface area (Å²) in [5, 5.41) is -0.574. The summed E-state index contributed by atoms with van der Waals surface area (Å²) in [7, 11) is 1.61. The van der Waals surface area contributed by atoms with Crippen LogP contribution in [0.4, 0.5) is 8.78 Å². The van der Waals surface area contributed by atoms with Crippen LogP contribution < -0.4 is 4.74 Å². The monoisotopic (exact) mass is 374 g/mol. The molecule has 0 radical (unpaired) electrons. The van der Waals surface area contributed by atoms with E-state index in [0.717, 1.165) is 23.4 Å². The van der Waals surface area contributed by atoms with Gasteiger partial charge in [-0.3, -0.25) is 0 Å². The first-order chi connectivity index (χ1) is 10.0. The molecule has 0 aliphatic rings. The molecule has 0 aliphatic heterocycles. The van der Waals surface area contributed by atoms with Crippen LogP contribution in [0.2, 0.25) is 0 Å². The third-order valence-corrected chi connectivity index (χ3v) is 4.28. The van der Waals surface area contributed by atoms with Gasteiger partial charge >= 0.3 is 0 Å². The van der Waals surface area contributed by atoms with Crippen molar-refractivity contribution >= 4 is 27.5 Å². The highest BCUT2D eigenvalue weighted by molar-refractivity contribution is 9.10. The second-order valence-electron chi connectivity index (χ2n) is 4.64. The molecule has 1 nitrogen and oxygen atoms in total. The van der Waals surface area contributed by atoms with E-state index >= 15 is 0 Å². The average molecular weight is 376 g/mol. The maximum atomic E-state index is 13.8. The highest BCUT2D eigenvalue weighted by Crippen LogP contribution is 2.31. The average Bonchev–Trinajstić information content (AvgIpc) is 2.49. The Labute approximate surface area is 136 Å². The fourth-order valence-electron chi connectivity index (χ4n) is 2.02. The summed E-state index contributed by atoms with van der Waals surface area (Å²) in [4.78, 5) is 0. The van der Waals surface area contributed by atoms with Crippen LogP contribution >= 0.6 is 27.5 Å². The van der Waals surface area contributed by atoms with Crippen molar-refractivity contribution in [3.8, 4) is 5.75 Å². The third-order valence-electron chi connectivity index (χ3n) is 3.22. The van der Waals surface area contributed by atoms with Crippen LogP contribution in [0.5, 0.6) is 5.75 Å². The Morgan fingerprint density at radius 3 is 2.43 bits per heavy atom. The Morgan fingerprint density at radius 1 is 1.14 bits per heavy atom. The molecule has 0 amide bonds. The Bertz CT molecular complexity index is 616. The van der Waals surface area contributed by atoms with Crippen LogP contribution in [0.3, 0.4) is 0 Å². The minimum Gasteiger partial charge on any atom is -0.497 e. The molecule has 0 N–H and O–H groups in total. The molecule has 112 valence electrons. The van der Waals surface area contributed by atoms with E-state index in [-0.39, 0.29) is 10.0 Å². The fourth-order valence-corrected chi connectivity index (χ4v) is 2.61. The Hall–Kier alpha value is -1.13. The number of benzene rings is 2. The van der Waals surface area contributed by atoms with Crippen molar-refractivity contribution in [3.63, 3.8) is 0 Å². The Kier molecular flexibility index (Phi) is 5.59. The lowest BCUT2D eigenvalue weighted by atomic mass is 10.0. The van der Waals surface area contributed by atoms with Gasteiger partial charge in [0.15, 0.2) is 0 Å². The van der Waals surface area contributed by atoms with E-state index in [0.29, 0.717) is 12.8 Å². The molecule has 21 heavy (non-hydrogen) atoms. The van der Waals surface area contributed by atoms with Gasteiger partial charge in [-0.1, -0.05) is 12.1 Å². The molecule has 0 fully saturated rings. The molecular weight excluding hydrogens is 362 g/mol. The normalized spacial score (nSPS) is 12.2. The van der Waals surface area contributed by atoms with Gasteiger partial charge in [-0.15, -0.1) is 11.6 Å². The van der Waals surface area contributed by atoms with Gasteiger partial charge in [-0.25, -0.2) is 8.78 Å². The van der Waals surface area contributed by atoms with Crippen LogP contribution in [0, 0.1) is 11.6 Å². The largest absolute Gasteiger partial charge is 0.497 e. The highest BCUT2D eigenvalue weighted by atomic mass is 79.9. The number of ether oxygens (including phenoxy) is 1. The van der Waals surface area contributed by atoms with Crippen LogP contribution in [0.1, 0.15) is 22.9 Å².